The predicted octanol–water partition coefficient (Wildman–Crippen LogP) is 1.07. The molecule has 1 aliphatic heterocycles. The summed E-state index contributed by atoms with van der Waals surface area (Å²) in [5, 5.41) is 25.8. The highest BCUT2D eigenvalue weighted by Crippen LogP contribution is 2.21. The van der Waals surface area contributed by atoms with Crippen LogP contribution < -0.4 is 5.32 Å². The van der Waals surface area contributed by atoms with Gasteiger partial charge < -0.3 is 10.4 Å². The summed E-state index contributed by atoms with van der Waals surface area (Å²) in [5.74, 6) is -1.05. The molecule has 1 fully saturated rings. The highest BCUT2D eigenvalue weighted by Gasteiger charge is 2.38. The van der Waals surface area contributed by atoms with E-state index in [0.29, 0.717) is 22.7 Å². The number of tetrazole rings is 1. The lowest BCUT2D eigenvalue weighted by Crippen LogP contribution is -2.48. The summed E-state index contributed by atoms with van der Waals surface area (Å²) < 4.78 is 1.46. The van der Waals surface area contributed by atoms with E-state index in [1.165, 1.54) is 11.0 Å². The Kier molecular flexibility index (Phi) is 6.74. The van der Waals surface area contributed by atoms with Crippen molar-refractivity contribution in [1.82, 2.24) is 30.6 Å². The van der Waals surface area contributed by atoms with Gasteiger partial charge in [0.05, 0.1) is 12.3 Å². The molecule has 2 heterocycles. The van der Waals surface area contributed by atoms with Crippen LogP contribution in [0.25, 0.3) is 5.69 Å². The molecule has 0 spiro atoms. The van der Waals surface area contributed by atoms with E-state index < -0.39 is 24.0 Å². The lowest BCUT2D eigenvalue weighted by atomic mass is 10.1. The Morgan fingerprint density at radius 1 is 1.25 bits per heavy atom. The highest BCUT2D eigenvalue weighted by molar-refractivity contribution is 6.30. The molecule has 32 heavy (non-hydrogen) atoms. The third-order valence-electron chi connectivity index (χ3n) is 5.07. The summed E-state index contributed by atoms with van der Waals surface area (Å²) in [5.41, 5.74) is 2.16. The molecule has 0 saturated carbocycles. The van der Waals surface area contributed by atoms with Crippen LogP contribution in [0.15, 0.2) is 54.9 Å². The van der Waals surface area contributed by atoms with E-state index in [4.69, 9.17) is 16.4 Å². The second-order valence-corrected chi connectivity index (χ2v) is 7.69. The molecule has 1 aliphatic rings. The third kappa shape index (κ3) is 4.93. The summed E-state index contributed by atoms with van der Waals surface area (Å²) >= 11 is 6.11. The van der Waals surface area contributed by atoms with Gasteiger partial charge in [0.1, 0.15) is 18.5 Å². The molecule has 1 unspecified atom stereocenters. The maximum Gasteiger partial charge on any atom is 0.276 e. The number of amides is 2. The number of benzene rings is 2. The van der Waals surface area contributed by atoms with Crippen LogP contribution in [-0.4, -0.2) is 60.9 Å². The number of hydrogen-bond donors (Lipinski definition) is 2. The molecule has 2 N–H and O–H groups in total. The fourth-order valence-electron chi connectivity index (χ4n) is 3.49. The Bertz CT molecular complexity index is 1080. The average Bonchev–Trinajstić information content (AvgIpc) is 3.50. The molecule has 0 bridgehead atoms. The lowest BCUT2D eigenvalue weighted by Gasteiger charge is -2.24. The molecule has 2 atom stereocenters. The van der Waals surface area contributed by atoms with Gasteiger partial charge in [-0.1, -0.05) is 41.9 Å². The van der Waals surface area contributed by atoms with E-state index in [0.717, 1.165) is 10.6 Å². The maximum atomic E-state index is 12.9. The Morgan fingerprint density at radius 3 is 2.81 bits per heavy atom. The van der Waals surface area contributed by atoms with Gasteiger partial charge in [0.2, 0.25) is 5.91 Å². The van der Waals surface area contributed by atoms with E-state index in [1.807, 2.05) is 30.3 Å². The number of nitrogens with one attached hydrogen (secondary N) is 1. The largest absolute Gasteiger partial charge is 0.383 e. The molecule has 0 radical (unpaired) electrons. The van der Waals surface area contributed by atoms with Crippen LogP contribution in [0.2, 0.25) is 5.02 Å². The molecule has 10 nitrogen and oxygen atoms in total. The molecule has 166 valence electrons. The molecule has 2 amide bonds. The van der Waals surface area contributed by atoms with Crippen molar-refractivity contribution in [3.8, 4) is 5.69 Å². The second kappa shape index (κ2) is 9.86. The Labute approximate surface area is 188 Å². The molecule has 0 aliphatic carbocycles. The standard InChI is InChI=1S/C21H21ClN6O4/c22-16-6-7-17(27-13-24-25-26-27)15(11-16)12-23-20(30)18-8-9-32-28(18)21(31)19(29)10-14-4-2-1-3-5-14/h1-7,11,13,18-19,29H,8-10,12H2,(H,23,30)/t18?,19-/m1/s1. The molecule has 11 heteroatoms. The zero-order chi connectivity index (χ0) is 22.5. The Hall–Kier alpha value is -3.34. The van der Waals surface area contributed by atoms with E-state index in [1.54, 1.807) is 18.2 Å². The molecule has 1 aromatic heterocycles. The number of hydroxylamine groups is 2. The number of halogens is 1. The Morgan fingerprint density at radius 2 is 2.06 bits per heavy atom. The van der Waals surface area contributed by atoms with Gasteiger partial charge in [0, 0.05) is 24.4 Å². The van der Waals surface area contributed by atoms with Crippen molar-refractivity contribution in [2.45, 2.75) is 31.5 Å². The zero-order valence-electron chi connectivity index (χ0n) is 17.0. The van der Waals surface area contributed by atoms with Gasteiger partial charge in [-0.3, -0.25) is 14.4 Å². The van der Waals surface area contributed by atoms with E-state index in [9.17, 15) is 14.7 Å². The van der Waals surface area contributed by atoms with Crippen LogP contribution in [0.3, 0.4) is 0 Å². The van der Waals surface area contributed by atoms with Crippen molar-refractivity contribution in [2.24, 2.45) is 0 Å². The van der Waals surface area contributed by atoms with Crippen molar-refractivity contribution < 1.29 is 19.5 Å². The van der Waals surface area contributed by atoms with Gasteiger partial charge in [-0.15, -0.1) is 5.10 Å². The van der Waals surface area contributed by atoms with Crippen LogP contribution in [0.4, 0.5) is 0 Å². The van der Waals surface area contributed by atoms with Crippen molar-refractivity contribution in [3.05, 3.63) is 71.0 Å². The van der Waals surface area contributed by atoms with Crippen LogP contribution >= 0.6 is 11.6 Å². The van der Waals surface area contributed by atoms with Gasteiger partial charge in [0.25, 0.3) is 5.91 Å². The number of rotatable bonds is 7. The third-order valence-corrected chi connectivity index (χ3v) is 5.31. The van der Waals surface area contributed by atoms with Gasteiger partial charge >= 0.3 is 0 Å². The summed E-state index contributed by atoms with van der Waals surface area (Å²) in [7, 11) is 0. The molecule has 1 saturated heterocycles. The quantitative estimate of drug-likeness (QED) is 0.545. The molecule has 4 rings (SSSR count). The van der Waals surface area contributed by atoms with Crippen LogP contribution in [0, 0.1) is 0 Å². The van der Waals surface area contributed by atoms with Crippen molar-refractivity contribution in [2.75, 3.05) is 6.61 Å². The SMILES string of the molecule is O=C(NCc1cc(Cl)ccc1-n1cnnn1)C1CCON1C(=O)[C@H](O)Cc1ccccc1. The number of aliphatic hydroxyl groups excluding tert-OH is 1. The monoisotopic (exact) mass is 456 g/mol. The smallest absolute Gasteiger partial charge is 0.276 e. The van der Waals surface area contributed by atoms with Crippen molar-refractivity contribution in [3.63, 3.8) is 0 Å². The maximum absolute atomic E-state index is 12.9. The van der Waals surface area contributed by atoms with E-state index in [-0.39, 0.29) is 19.6 Å². The van der Waals surface area contributed by atoms with Crippen molar-refractivity contribution in [1.29, 1.82) is 0 Å². The molecular weight excluding hydrogens is 436 g/mol. The van der Waals surface area contributed by atoms with Gasteiger partial charge in [-0.25, -0.2) is 9.75 Å². The Balaban J connectivity index is 1.41. The van der Waals surface area contributed by atoms with E-state index >= 15 is 0 Å². The van der Waals surface area contributed by atoms with Gasteiger partial charge in [-0.2, -0.15) is 0 Å². The summed E-state index contributed by atoms with van der Waals surface area (Å²) in [4.78, 5) is 30.9. The fourth-order valence-corrected chi connectivity index (χ4v) is 3.68. The summed E-state index contributed by atoms with van der Waals surface area (Å²) in [6, 6.07) is 13.4. The van der Waals surface area contributed by atoms with Gasteiger partial charge in [0.15, 0.2) is 0 Å². The number of aromatic nitrogens is 4. The minimum Gasteiger partial charge on any atom is -0.383 e. The minimum atomic E-state index is -1.31. The molecule has 2 aromatic carbocycles. The highest BCUT2D eigenvalue weighted by atomic mass is 35.5. The molecule has 3 aromatic rings. The number of aliphatic hydroxyl groups is 1. The van der Waals surface area contributed by atoms with Crippen LogP contribution in [0.1, 0.15) is 17.5 Å². The predicted molar refractivity (Wildman–Crippen MR) is 113 cm³/mol. The van der Waals surface area contributed by atoms with Crippen molar-refractivity contribution >= 4 is 23.4 Å². The number of nitrogens with zero attached hydrogens (tertiary/aromatic N) is 5. The second-order valence-electron chi connectivity index (χ2n) is 7.25. The number of carbonyl (C=O) groups excluding carboxylic acids is 2. The van der Waals surface area contributed by atoms with E-state index in [2.05, 4.69) is 20.8 Å². The normalized spacial score (nSPS) is 16.7. The number of hydrogen-bond acceptors (Lipinski definition) is 7. The summed E-state index contributed by atoms with van der Waals surface area (Å²) in [6.45, 7) is 0.342. The van der Waals surface area contributed by atoms with Crippen LogP contribution in [-0.2, 0) is 27.4 Å². The first-order chi connectivity index (χ1) is 15.5. The minimum absolute atomic E-state index is 0.131. The zero-order valence-corrected chi connectivity index (χ0v) is 17.7. The fraction of sp³-hybridized carbons (Fsp3) is 0.286. The topological polar surface area (TPSA) is 122 Å². The summed E-state index contributed by atoms with van der Waals surface area (Å²) in [6.07, 6.45) is 0.579. The first-order valence-electron chi connectivity index (χ1n) is 10.0. The molecular formula is C21H21ClN6O4. The average molecular weight is 457 g/mol. The lowest BCUT2D eigenvalue weighted by molar-refractivity contribution is -0.187. The van der Waals surface area contributed by atoms with Crippen LogP contribution in [0.5, 0.6) is 0 Å². The first-order valence-corrected chi connectivity index (χ1v) is 10.4. The van der Waals surface area contributed by atoms with Gasteiger partial charge in [-0.05, 0) is 39.8 Å². The first kappa shape index (κ1) is 21.9. The number of carbonyl (C=O) groups is 2.